The van der Waals surface area contributed by atoms with Crippen LogP contribution in [-0.4, -0.2) is 75.5 Å². The predicted molar refractivity (Wildman–Crippen MR) is 199 cm³/mol. The van der Waals surface area contributed by atoms with Gasteiger partial charge >= 0.3 is 11.9 Å². The monoisotopic (exact) mass is 694 g/mol. The number of esters is 2. The molecule has 0 amide bonds. The Kier molecular flexibility index (Phi) is 31.5. The van der Waals surface area contributed by atoms with Crippen molar-refractivity contribution in [2.45, 2.75) is 180 Å². The fraction of sp³-hybridized carbons (Fsp3) is 0.829. The number of likely N-dealkylation sites (N-methyl/N-ethyl adjacent to an activating group) is 1. The van der Waals surface area contributed by atoms with Crippen LogP contribution in [0.2, 0.25) is 0 Å². The number of carbonyl (C=O) groups is 3. The van der Waals surface area contributed by atoms with Crippen molar-refractivity contribution >= 4 is 17.9 Å². The molecule has 0 fully saturated rings. The molecule has 0 heterocycles. The van der Waals surface area contributed by atoms with Crippen LogP contribution in [0.1, 0.15) is 168 Å². The number of carbonyl (C=O) groups excluding carboxylic acids is 3. The Bertz CT molecular complexity index is 864. The van der Waals surface area contributed by atoms with E-state index in [1.165, 1.54) is 70.6 Å². The van der Waals surface area contributed by atoms with Gasteiger partial charge < -0.3 is 28.6 Å². The number of ether oxygens (including phenoxy) is 3. The van der Waals surface area contributed by atoms with Crippen LogP contribution in [0.3, 0.4) is 0 Å². The summed E-state index contributed by atoms with van der Waals surface area (Å²) < 4.78 is 17.1. The van der Waals surface area contributed by atoms with E-state index in [-0.39, 0.29) is 42.7 Å². The zero-order chi connectivity index (χ0) is 36.4. The van der Waals surface area contributed by atoms with Crippen LogP contribution in [0.4, 0.5) is 0 Å². The van der Waals surface area contributed by atoms with Crippen LogP contribution in [0, 0.1) is 0 Å². The Balaban J connectivity index is 4.42. The van der Waals surface area contributed by atoms with Gasteiger partial charge in [0.1, 0.15) is 12.6 Å². The first-order valence-corrected chi connectivity index (χ1v) is 19.9. The molecule has 0 bridgehead atoms. The minimum atomic E-state index is -1.13. The van der Waals surface area contributed by atoms with E-state index >= 15 is 0 Å². The fourth-order valence-corrected chi connectivity index (χ4v) is 5.69. The van der Waals surface area contributed by atoms with Crippen molar-refractivity contribution in [1.82, 2.24) is 0 Å². The van der Waals surface area contributed by atoms with Crippen LogP contribution in [0.15, 0.2) is 24.3 Å². The largest absolute Gasteiger partial charge is 0.544 e. The average molecular weight is 694 g/mol. The number of unbranched alkanes of at least 4 members (excludes halogenated alkanes) is 17. The molecule has 286 valence electrons. The minimum absolute atomic E-state index is 0.0380. The summed E-state index contributed by atoms with van der Waals surface area (Å²) in [6.45, 7) is 4.60. The lowest BCUT2D eigenvalue weighted by Crippen LogP contribution is -2.55. The first-order valence-electron chi connectivity index (χ1n) is 19.9. The smallest absolute Gasteiger partial charge is 0.306 e. The first-order chi connectivity index (χ1) is 23.6. The molecule has 0 N–H and O–H groups in total. The third-order valence-electron chi connectivity index (χ3n) is 8.84. The van der Waals surface area contributed by atoms with Crippen LogP contribution in [0.5, 0.6) is 0 Å². The van der Waals surface area contributed by atoms with Crippen LogP contribution < -0.4 is 5.11 Å². The second-order valence-corrected chi connectivity index (χ2v) is 14.5. The van der Waals surface area contributed by atoms with E-state index in [1.807, 2.05) is 0 Å². The molecule has 0 rings (SSSR count). The molecule has 2 unspecified atom stereocenters. The summed E-state index contributed by atoms with van der Waals surface area (Å²) >= 11 is 0. The third-order valence-corrected chi connectivity index (χ3v) is 8.84. The normalized spacial score (nSPS) is 13.2. The molecule has 0 aliphatic rings. The molecule has 2 atom stereocenters. The Morgan fingerprint density at radius 2 is 1.08 bits per heavy atom. The van der Waals surface area contributed by atoms with E-state index in [9.17, 15) is 19.5 Å². The molecule has 0 saturated heterocycles. The molecule has 0 saturated carbocycles. The number of quaternary nitrogens is 1. The van der Waals surface area contributed by atoms with E-state index in [0.717, 1.165) is 64.2 Å². The van der Waals surface area contributed by atoms with Crippen molar-refractivity contribution < 1.29 is 38.2 Å². The maximum Gasteiger partial charge on any atom is 0.306 e. The van der Waals surface area contributed by atoms with Gasteiger partial charge in [0.25, 0.3) is 0 Å². The lowest BCUT2D eigenvalue weighted by atomic mass is 10.1. The van der Waals surface area contributed by atoms with Crippen molar-refractivity contribution in [3.8, 4) is 0 Å². The summed E-state index contributed by atoms with van der Waals surface area (Å²) in [5.41, 5.74) is 0. The molecular weight excluding hydrogens is 618 g/mol. The molecule has 0 aromatic carbocycles. The van der Waals surface area contributed by atoms with Gasteiger partial charge in [-0.3, -0.25) is 9.59 Å². The molecule has 49 heavy (non-hydrogen) atoms. The number of carboxylic acid groups (broad SMARTS) is 1. The summed E-state index contributed by atoms with van der Waals surface area (Å²) in [6, 6.07) is -0.724. The lowest BCUT2D eigenvalue weighted by Gasteiger charge is -2.34. The molecule has 0 aromatic rings. The van der Waals surface area contributed by atoms with Gasteiger partial charge in [-0.1, -0.05) is 128 Å². The van der Waals surface area contributed by atoms with Crippen LogP contribution >= 0.6 is 0 Å². The molecular formula is C41H75NO7. The van der Waals surface area contributed by atoms with Crippen molar-refractivity contribution in [3.63, 3.8) is 0 Å². The van der Waals surface area contributed by atoms with Gasteiger partial charge in [0.15, 0.2) is 6.10 Å². The zero-order valence-corrected chi connectivity index (χ0v) is 32.4. The second kappa shape index (κ2) is 33.0. The van der Waals surface area contributed by atoms with Crippen molar-refractivity contribution in [1.29, 1.82) is 0 Å². The zero-order valence-electron chi connectivity index (χ0n) is 32.4. The Labute approximate surface area is 301 Å². The summed E-state index contributed by atoms with van der Waals surface area (Å²) in [5, 5.41) is 11.6. The fourth-order valence-electron chi connectivity index (χ4n) is 5.69. The standard InChI is InChI=1S/C41H75NO7/c1-6-8-10-12-14-16-18-19-20-21-22-24-26-28-30-32-40(44)49-37(35-47-34-33-38(41(45)46)42(3,4)5)36-48-39(43)31-29-27-25-23-17-15-13-11-9-7-2/h14,16,19-20,37-38H,6-13,15,17-18,21-36H2,1-5H3/b16-14-,20-19-. The molecule has 8 nitrogen and oxygen atoms in total. The van der Waals surface area contributed by atoms with E-state index in [0.29, 0.717) is 12.8 Å². The van der Waals surface area contributed by atoms with E-state index < -0.39 is 18.1 Å². The number of nitrogens with zero attached hydrogens (tertiary/aromatic N) is 1. The first kappa shape index (κ1) is 46.8. The summed E-state index contributed by atoms with van der Waals surface area (Å²) in [4.78, 5) is 36.6. The maximum atomic E-state index is 12.6. The van der Waals surface area contributed by atoms with Gasteiger partial charge in [-0.15, -0.1) is 0 Å². The summed E-state index contributed by atoms with van der Waals surface area (Å²) in [6.07, 6.45) is 33.4. The van der Waals surface area contributed by atoms with E-state index in [2.05, 4.69) is 38.2 Å². The molecule has 0 aromatic heterocycles. The van der Waals surface area contributed by atoms with Crippen molar-refractivity contribution in [2.75, 3.05) is 41.0 Å². The second-order valence-electron chi connectivity index (χ2n) is 14.5. The number of allylic oxidation sites excluding steroid dienone is 4. The quantitative estimate of drug-likeness (QED) is 0.0283. The van der Waals surface area contributed by atoms with Crippen molar-refractivity contribution in [2.24, 2.45) is 0 Å². The average Bonchev–Trinajstić information content (AvgIpc) is 3.05. The SMILES string of the molecule is CCCCC/C=C\C/C=C\CCCCCCCC(=O)OC(COCCC(C(=O)[O-])[N+](C)(C)C)COC(=O)CCCCCCCCCCCC. The number of aliphatic carboxylic acids is 1. The Hall–Kier alpha value is -2.19. The third kappa shape index (κ3) is 31.5. The van der Waals surface area contributed by atoms with Gasteiger partial charge in [0, 0.05) is 19.3 Å². The lowest BCUT2D eigenvalue weighted by molar-refractivity contribution is -0.889. The molecule has 0 aliphatic heterocycles. The van der Waals surface area contributed by atoms with E-state index in [1.54, 1.807) is 21.1 Å². The Morgan fingerprint density at radius 3 is 1.61 bits per heavy atom. The van der Waals surface area contributed by atoms with Crippen molar-refractivity contribution in [3.05, 3.63) is 24.3 Å². The molecule has 0 aliphatic carbocycles. The van der Waals surface area contributed by atoms with Crippen LogP contribution in [-0.2, 0) is 28.6 Å². The highest BCUT2D eigenvalue weighted by molar-refractivity contribution is 5.70. The molecule has 8 heteroatoms. The highest BCUT2D eigenvalue weighted by Crippen LogP contribution is 2.13. The van der Waals surface area contributed by atoms with Gasteiger partial charge in [0.05, 0.1) is 40.3 Å². The summed E-state index contributed by atoms with van der Waals surface area (Å²) in [7, 11) is 5.39. The van der Waals surface area contributed by atoms with Gasteiger partial charge in [-0.05, 0) is 44.9 Å². The highest BCUT2D eigenvalue weighted by Gasteiger charge is 2.25. The molecule has 0 radical (unpaired) electrons. The summed E-state index contributed by atoms with van der Waals surface area (Å²) in [5.74, 6) is -1.75. The van der Waals surface area contributed by atoms with Gasteiger partial charge in [0.2, 0.25) is 0 Å². The number of rotatable bonds is 35. The number of carboxylic acids is 1. The Morgan fingerprint density at radius 1 is 0.612 bits per heavy atom. The maximum absolute atomic E-state index is 12.6. The topological polar surface area (TPSA) is 102 Å². The predicted octanol–water partition coefficient (Wildman–Crippen LogP) is 8.80. The minimum Gasteiger partial charge on any atom is -0.544 e. The molecule has 0 spiro atoms. The van der Waals surface area contributed by atoms with E-state index in [4.69, 9.17) is 14.2 Å². The van der Waals surface area contributed by atoms with Gasteiger partial charge in [-0.25, -0.2) is 0 Å². The highest BCUT2D eigenvalue weighted by atomic mass is 16.6. The number of hydrogen-bond acceptors (Lipinski definition) is 7. The number of hydrogen-bond donors (Lipinski definition) is 0. The van der Waals surface area contributed by atoms with Crippen LogP contribution in [0.25, 0.3) is 0 Å². The van der Waals surface area contributed by atoms with Gasteiger partial charge in [-0.2, -0.15) is 0 Å².